The minimum Gasteiger partial charge on any atom is -0.463 e. The third-order valence-corrected chi connectivity index (χ3v) is 7.50. The Bertz CT molecular complexity index is 853. The van der Waals surface area contributed by atoms with E-state index in [0.29, 0.717) is 42.8 Å². The molecule has 0 radical (unpaired) electrons. The van der Waals surface area contributed by atoms with Crippen LogP contribution in [0.4, 0.5) is 0 Å². The van der Waals surface area contributed by atoms with Crippen LogP contribution in [0.25, 0.3) is 0 Å². The fourth-order valence-electron chi connectivity index (χ4n) is 2.59. The highest BCUT2D eigenvalue weighted by atomic mass is 35.5. The van der Waals surface area contributed by atoms with Gasteiger partial charge in [-0.2, -0.15) is 4.31 Å². The molecule has 1 aliphatic heterocycles. The van der Waals surface area contributed by atoms with Crippen LogP contribution in [-0.4, -0.2) is 56.9 Å². The Morgan fingerprint density at radius 1 is 1.24 bits per heavy atom. The molecule has 0 amide bonds. The maximum atomic E-state index is 12.6. The van der Waals surface area contributed by atoms with Crippen molar-refractivity contribution in [1.29, 1.82) is 0 Å². The van der Waals surface area contributed by atoms with Gasteiger partial charge in [-0.05, 0) is 24.3 Å². The molecule has 3 rings (SSSR count). The SMILES string of the molecule is COC(=O)c1ccc(CN2CCN(S(=O)(=O)c3ccc(Cl)s3)CC2)o1. The van der Waals surface area contributed by atoms with Gasteiger partial charge in [-0.25, -0.2) is 13.2 Å². The van der Waals surface area contributed by atoms with Crippen molar-refractivity contribution in [3.05, 3.63) is 40.1 Å². The maximum Gasteiger partial charge on any atom is 0.373 e. The van der Waals surface area contributed by atoms with E-state index >= 15 is 0 Å². The Morgan fingerprint density at radius 2 is 1.96 bits per heavy atom. The summed E-state index contributed by atoms with van der Waals surface area (Å²) in [6.07, 6.45) is 0. The van der Waals surface area contributed by atoms with Gasteiger partial charge >= 0.3 is 5.97 Å². The first kappa shape index (κ1) is 18.4. The number of carbonyl (C=O) groups excluding carboxylic acids is 1. The van der Waals surface area contributed by atoms with Crippen molar-refractivity contribution in [3.63, 3.8) is 0 Å². The molecule has 7 nitrogen and oxygen atoms in total. The summed E-state index contributed by atoms with van der Waals surface area (Å²) in [5.74, 6) is 0.284. The van der Waals surface area contributed by atoms with Gasteiger partial charge in [0.2, 0.25) is 5.76 Å². The zero-order valence-corrected chi connectivity index (χ0v) is 15.9. The molecule has 0 spiro atoms. The second-order valence-electron chi connectivity index (χ2n) is 5.50. The number of esters is 1. The number of halogens is 1. The minimum absolute atomic E-state index is 0.160. The molecule has 0 bridgehead atoms. The van der Waals surface area contributed by atoms with Crippen LogP contribution in [0.5, 0.6) is 0 Å². The van der Waals surface area contributed by atoms with E-state index in [1.807, 2.05) is 0 Å². The summed E-state index contributed by atoms with van der Waals surface area (Å²) in [4.78, 5) is 13.5. The van der Waals surface area contributed by atoms with Gasteiger partial charge in [0.25, 0.3) is 10.0 Å². The summed E-state index contributed by atoms with van der Waals surface area (Å²) < 4.78 is 37.4. The van der Waals surface area contributed by atoms with Crippen molar-refractivity contribution in [2.24, 2.45) is 0 Å². The molecule has 0 aliphatic carbocycles. The second kappa shape index (κ2) is 7.46. The predicted molar refractivity (Wildman–Crippen MR) is 93.4 cm³/mol. The minimum atomic E-state index is -3.49. The number of nitrogens with zero attached hydrogens (tertiary/aromatic N) is 2. The Hall–Kier alpha value is -1.39. The fourth-order valence-corrected chi connectivity index (χ4v) is 5.64. The molecule has 1 saturated heterocycles. The van der Waals surface area contributed by atoms with E-state index < -0.39 is 16.0 Å². The van der Waals surface area contributed by atoms with Gasteiger partial charge in [0.1, 0.15) is 9.97 Å². The average molecular weight is 405 g/mol. The van der Waals surface area contributed by atoms with Crippen LogP contribution in [0.2, 0.25) is 4.34 Å². The Balaban J connectivity index is 1.58. The van der Waals surface area contributed by atoms with Crippen LogP contribution < -0.4 is 0 Å². The molecule has 2 aromatic heterocycles. The average Bonchev–Trinajstić information content (AvgIpc) is 3.24. The van der Waals surface area contributed by atoms with Crippen LogP contribution in [0, 0.1) is 0 Å². The standard InChI is InChI=1S/C15H17ClN2O5S2/c1-22-15(19)12-3-2-11(23-12)10-17-6-8-18(9-7-17)25(20,21)14-5-4-13(16)24-14/h2-5H,6-10H2,1H3. The van der Waals surface area contributed by atoms with Crippen molar-refractivity contribution in [1.82, 2.24) is 9.21 Å². The zero-order chi connectivity index (χ0) is 18.0. The number of furan rings is 1. The molecule has 0 unspecified atom stereocenters. The summed E-state index contributed by atoms with van der Waals surface area (Å²) >= 11 is 6.90. The number of hydrogen-bond acceptors (Lipinski definition) is 7. The van der Waals surface area contributed by atoms with Crippen molar-refractivity contribution in [2.45, 2.75) is 10.8 Å². The largest absolute Gasteiger partial charge is 0.463 e. The summed E-state index contributed by atoms with van der Waals surface area (Å²) in [7, 11) is -2.20. The van der Waals surface area contributed by atoms with E-state index in [0.717, 1.165) is 11.3 Å². The third kappa shape index (κ3) is 4.06. The van der Waals surface area contributed by atoms with Gasteiger partial charge < -0.3 is 9.15 Å². The first-order valence-corrected chi connectivity index (χ1v) is 10.2. The predicted octanol–water partition coefficient (Wildman–Crippen LogP) is 2.29. The van der Waals surface area contributed by atoms with E-state index in [9.17, 15) is 13.2 Å². The maximum absolute atomic E-state index is 12.6. The molecule has 25 heavy (non-hydrogen) atoms. The van der Waals surface area contributed by atoms with E-state index in [1.165, 1.54) is 17.5 Å². The molecule has 1 fully saturated rings. The van der Waals surface area contributed by atoms with Crippen molar-refractivity contribution < 1.29 is 22.4 Å². The number of thiophene rings is 1. The van der Waals surface area contributed by atoms with Crippen LogP contribution in [-0.2, 0) is 21.3 Å². The Labute approximate surface area is 154 Å². The molecular formula is C15H17ClN2O5S2. The molecule has 10 heteroatoms. The fraction of sp³-hybridized carbons (Fsp3) is 0.400. The summed E-state index contributed by atoms with van der Waals surface area (Å²) in [5.41, 5.74) is 0. The Kier molecular flexibility index (Phi) is 5.49. The van der Waals surface area contributed by atoms with Crippen molar-refractivity contribution in [2.75, 3.05) is 33.3 Å². The van der Waals surface area contributed by atoms with Crippen LogP contribution >= 0.6 is 22.9 Å². The van der Waals surface area contributed by atoms with Gasteiger partial charge in [0, 0.05) is 26.2 Å². The summed E-state index contributed by atoms with van der Waals surface area (Å²) in [6.45, 7) is 2.44. The van der Waals surface area contributed by atoms with Gasteiger partial charge in [0.05, 0.1) is 18.0 Å². The van der Waals surface area contributed by atoms with E-state index in [2.05, 4.69) is 9.64 Å². The number of ether oxygens (including phenoxy) is 1. The molecule has 0 saturated carbocycles. The highest BCUT2D eigenvalue weighted by molar-refractivity contribution is 7.91. The quantitative estimate of drug-likeness (QED) is 0.711. The molecule has 0 N–H and O–H groups in total. The van der Waals surface area contributed by atoms with Gasteiger partial charge in [-0.3, -0.25) is 4.90 Å². The number of carbonyl (C=O) groups is 1. The van der Waals surface area contributed by atoms with Gasteiger partial charge in [-0.15, -0.1) is 11.3 Å². The molecule has 0 aromatic carbocycles. The molecular weight excluding hydrogens is 388 g/mol. The summed E-state index contributed by atoms with van der Waals surface area (Å²) in [6, 6.07) is 6.42. The number of rotatable bonds is 5. The molecule has 136 valence electrons. The second-order valence-corrected chi connectivity index (χ2v) is 9.38. The van der Waals surface area contributed by atoms with Crippen LogP contribution in [0.15, 0.2) is 32.9 Å². The van der Waals surface area contributed by atoms with Crippen LogP contribution in [0.3, 0.4) is 0 Å². The van der Waals surface area contributed by atoms with E-state index in [4.69, 9.17) is 16.0 Å². The number of hydrogen-bond donors (Lipinski definition) is 0. The Morgan fingerprint density at radius 3 is 2.56 bits per heavy atom. The zero-order valence-electron chi connectivity index (χ0n) is 13.5. The molecule has 2 aromatic rings. The number of sulfonamides is 1. The number of methoxy groups -OCH3 is 1. The van der Waals surface area contributed by atoms with Crippen molar-refractivity contribution in [3.8, 4) is 0 Å². The monoisotopic (exact) mass is 404 g/mol. The molecule has 3 heterocycles. The smallest absolute Gasteiger partial charge is 0.373 e. The topological polar surface area (TPSA) is 80.1 Å². The summed E-state index contributed by atoms with van der Waals surface area (Å²) in [5, 5.41) is 0. The first-order valence-electron chi connectivity index (χ1n) is 7.55. The van der Waals surface area contributed by atoms with Crippen LogP contribution in [0.1, 0.15) is 16.3 Å². The lowest BCUT2D eigenvalue weighted by Gasteiger charge is -2.33. The van der Waals surface area contributed by atoms with E-state index in [1.54, 1.807) is 18.2 Å². The highest BCUT2D eigenvalue weighted by Crippen LogP contribution is 2.28. The van der Waals surface area contributed by atoms with Gasteiger partial charge in [-0.1, -0.05) is 11.6 Å². The lowest BCUT2D eigenvalue weighted by molar-refractivity contribution is 0.0560. The molecule has 1 aliphatic rings. The first-order chi connectivity index (χ1) is 11.9. The lowest BCUT2D eigenvalue weighted by atomic mass is 10.3. The highest BCUT2D eigenvalue weighted by Gasteiger charge is 2.30. The third-order valence-electron chi connectivity index (χ3n) is 3.90. The molecule has 0 atom stereocenters. The lowest BCUT2D eigenvalue weighted by Crippen LogP contribution is -2.47. The van der Waals surface area contributed by atoms with E-state index in [-0.39, 0.29) is 9.97 Å². The van der Waals surface area contributed by atoms with Gasteiger partial charge in [0.15, 0.2) is 0 Å². The number of piperazine rings is 1. The normalized spacial score (nSPS) is 16.9. The van der Waals surface area contributed by atoms with Crippen molar-refractivity contribution >= 4 is 38.9 Å².